The van der Waals surface area contributed by atoms with Crippen LogP contribution in [0.3, 0.4) is 0 Å². The molecule has 0 unspecified atom stereocenters. The molecule has 2 aromatic carbocycles. The number of hydrogen-bond acceptors (Lipinski definition) is 4. The van der Waals surface area contributed by atoms with Gasteiger partial charge in [0.15, 0.2) is 5.78 Å². The predicted molar refractivity (Wildman–Crippen MR) is 92.2 cm³/mol. The van der Waals surface area contributed by atoms with Crippen molar-refractivity contribution < 1.29 is 9.59 Å². The molecule has 122 valence electrons. The van der Waals surface area contributed by atoms with E-state index in [1.165, 1.54) is 10.9 Å². The van der Waals surface area contributed by atoms with Crippen LogP contribution in [0.25, 0.3) is 0 Å². The van der Waals surface area contributed by atoms with Crippen molar-refractivity contribution in [2.75, 3.05) is 5.32 Å². The van der Waals surface area contributed by atoms with E-state index in [1.807, 2.05) is 12.1 Å². The van der Waals surface area contributed by atoms with Crippen LogP contribution in [-0.2, 0) is 7.05 Å². The Hall–Kier alpha value is -3.72. The topological polar surface area (TPSA) is 87.8 Å². The van der Waals surface area contributed by atoms with Crippen molar-refractivity contribution in [1.29, 1.82) is 5.26 Å². The molecule has 0 spiro atoms. The fourth-order valence-electron chi connectivity index (χ4n) is 2.47. The highest BCUT2D eigenvalue weighted by Gasteiger charge is 2.20. The number of nitrogens with one attached hydrogen (secondary N) is 1. The van der Waals surface area contributed by atoms with Crippen molar-refractivity contribution in [2.24, 2.45) is 7.05 Å². The zero-order valence-electron chi connectivity index (χ0n) is 13.4. The number of nitrogens with zero attached hydrogens (tertiary/aromatic N) is 3. The zero-order chi connectivity index (χ0) is 17.8. The van der Waals surface area contributed by atoms with Crippen LogP contribution >= 0.6 is 0 Å². The summed E-state index contributed by atoms with van der Waals surface area (Å²) in [6.45, 7) is 0. The van der Waals surface area contributed by atoms with E-state index in [1.54, 1.807) is 55.6 Å². The van der Waals surface area contributed by atoms with Gasteiger partial charge in [-0.1, -0.05) is 48.5 Å². The van der Waals surface area contributed by atoms with Crippen molar-refractivity contribution in [1.82, 2.24) is 9.78 Å². The van der Waals surface area contributed by atoms with Crippen LogP contribution in [0.2, 0.25) is 0 Å². The Bertz CT molecular complexity index is 984. The van der Waals surface area contributed by atoms with Gasteiger partial charge in [-0.05, 0) is 6.07 Å². The third kappa shape index (κ3) is 3.16. The lowest BCUT2D eigenvalue weighted by molar-refractivity contribution is 0.0996. The van der Waals surface area contributed by atoms with Gasteiger partial charge >= 0.3 is 0 Å². The van der Waals surface area contributed by atoms with Gasteiger partial charge in [0.1, 0.15) is 17.5 Å². The quantitative estimate of drug-likeness (QED) is 0.745. The number of nitriles is 1. The van der Waals surface area contributed by atoms with Gasteiger partial charge in [0.2, 0.25) is 0 Å². The van der Waals surface area contributed by atoms with Crippen molar-refractivity contribution in [2.45, 2.75) is 0 Å². The lowest BCUT2D eigenvalue weighted by Crippen LogP contribution is -2.19. The van der Waals surface area contributed by atoms with E-state index < -0.39 is 5.91 Å². The summed E-state index contributed by atoms with van der Waals surface area (Å²) in [6.07, 6.45) is 1.37. The van der Waals surface area contributed by atoms with Gasteiger partial charge in [0.25, 0.3) is 5.91 Å². The average molecular weight is 330 g/mol. The zero-order valence-corrected chi connectivity index (χ0v) is 13.4. The first-order valence-electron chi connectivity index (χ1n) is 7.54. The Kier molecular flexibility index (Phi) is 4.40. The molecule has 0 aliphatic rings. The number of hydrogen-bond donors (Lipinski definition) is 1. The maximum atomic E-state index is 12.7. The fourth-order valence-corrected chi connectivity index (χ4v) is 2.47. The number of carbonyl (C=O) groups excluding carboxylic acids is 2. The van der Waals surface area contributed by atoms with Crippen molar-refractivity contribution in [3.8, 4) is 6.07 Å². The van der Waals surface area contributed by atoms with Crippen LogP contribution < -0.4 is 5.32 Å². The molecule has 0 radical (unpaired) electrons. The second-order valence-electron chi connectivity index (χ2n) is 5.34. The van der Waals surface area contributed by atoms with Gasteiger partial charge in [0.05, 0.1) is 11.8 Å². The van der Waals surface area contributed by atoms with Gasteiger partial charge in [-0.2, -0.15) is 10.4 Å². The summed E-state index contributed by atoms with van der Waals surface area (Å²) in [4.78, 5) is 25.4. The SMILES string of the molecule is Cn1ncc(C#N)c1NC(=O)c1ccccc1C(=O)c1ccccc1. The molecule has 3 aromatic rings. The summed E-state index contributed by atoms with van der Waals surface area (Å²) >= 11 is 0. The molecule has 0 bridgehead atoms. The van der Waals surface area contributed by atoms with Crippen LogP contribution in [-0.4, -0.2) is 21.5 Å². The van der Waals surface area contributed by atoms with E-state index in [0.717, 1.165) is 0 Å². The van der Waals surface area contributed by atoms with Crippen molar-refractivity contribution >= 4 is 17.5 Å². The molecule has 0 aliphatic carbocycles. The first-order valence-corrected chi connectivity index (χ1v) is 7.54. The highest BCUT2D eigenvalue weighted by atomic mass is 16.2. The Morgan fingerprint density at radius 2 is 1.68 bits per heavy atom. The Morgan fingerprint density at radius 3 is 2.36 bits per heavy atom. The lowest BCUT2D eigenvalue weighted by Gasteiger charge is -2.10. The number of aryl methyl sites for hydroxylation is 1. The van der Waals surface area contributed by atoms with Gasteiger partial charge in [-0.15, -0.1) is 0 Å². The third-order valence-corrected chi connectivity index (χ3v) is 3.74. The maximum absolute atomic E-state index is 12.7. The Balaban J connectivity index is 1.96. The summed E-state index contributed by atoms with van der Waals surface area (Å²) in [6, 6.07) is 17.3. The smallest absolute Gasteiger partial charge is 0.257 e. The highest BCUT2D eigenvalue weighted by molar-refractivity contribution is 6.17. The van der Waals surface area contributed by atoms with E-state index in [9.17, 15) is 9.59 Å². The molecular weight excluding hydrogens is 316 g/mol. The minimum absolute atomic E-state index is 0.237. The van der Waals surface area contributed by atoms with Gasteiger partial charge in [-0.3, -0.25) is 14.3 Å². The number of carbonyl (C=O) groups is 2. The van der Waals surface area contributed by atoms with Gasteiger partial charge in [-0.25, -0.2) is 0 Å². The minimum atomic E-state index is -0.472. The lowest BCUT2D eigenvalue weighted by atomic mass is 9.98. The van der Waals surface area contributed by atoms with Crippen LogP contribution in [0, 0.1) is 11.3 Å². The van der Waals surface area contributed by atoms with Crippen molar-refractivity contribution in [3.05, 3.63) is 83.0 Å². The number of benzene rings is 2. The highest BCUT2D eigenvalue weighted by Crippen LogP contribution is 2.18. The minimum Gasteiger partial charge on any atom is -0.306 e. The normalized spacial score (nSPS) is 10.1. The molecular formula is C19H14N4O2. The van der Waals surface area contributed by atoms with Crippen LogP contribution in [0.1, 0.15) is 31.8 Å². The van der Waals surface area contributed by atoms with Gasteiger partial charge < -0.3 is 5.32 Å². The summed E-state index contributed by atoms with van der Waals surface area (Å²) in [5, 5.41) is 15.7. The molecule has 0 aliphatic heterocycles. The second-order valence-corrected chi connectivity index (χ2v) is 5.34. The van der Waals surface area contributed by atoms with E-state index in [2.05, 4.69) is 10.4 Å². The molecule has 1 aromatic heterocycles. The summed E-state index contributed by atoms with van der Waals surface area (Å²) in [7, 11) is 1.62. The number of rotatable bonds is 4. The monoisotopic (exact) mass is 330 g/mol. The molecule has 6 heteroatoms. The summed E-state index contributed by atoms with van der Waals surface area (Å²) in [5.74, 6) is -0.425. The summed E-state index contributed by atoms with van der Waals surface area (Å²) < 4.78 is 1.40. The molecule has 0 saturated carbocycles. The Morgan fingerprint density at radius 1 is 1.04 bits per heavy atom. The van der Waals surface area contributed by atoms with E-state index in [-0.39, 0.29) is 22.7 Å². The third-order valence-electron chi connectivity index (χ3n) is 3.74. The summed E-state index contributed by atoms with van der Waals surface area (Å²) in [5.41, 5.74) is 1.29. The molecule has 0 atom stereocenters. The second kappa shape index (κ2) is 6.81. The molecule has 6 nitrogen and oxygen atoms in total. The van der Waals surface area contributed by atoms with Crippen molar-refractivity contribution in [3.63, 3.8) is 0 Å². The molecule has 1 amide bonds. The fraction of sp³-hybridized carbons (Fsp3) is 0.0526. The van der Waals surface area contributed by atoms with Crippen LogP contribution in [0.5, 0.6) is 0 Å². The first-order chi connectivity index (χ1) is 12.1. The van der Waals surface area contributed by atoms with E-state index >= 15 is 0 Å². The van der Waals surface area contributed by atoms with E-state index in [4.69, 9.17) is 5.26 Å². The standard InChI is InChI=1S/C19H14N4O2/c1-23-18(14(11-20)12-21-23)22-19(25)16-10-6-5-9-15(16)17(24)13-7-3-2-4-8-13/h2-10,12H,1H3,(H,22,25). The largest absolute Gasteiger partial charge is 0.306 e. The predicted octanol–water partition coefficient (Wildman–Crippen LogP) is 2.78. The van der Waals surface area contributed by atoms with Crippen LogP contribution in [0.4, 0.5) is 5.82 Å². The molecule has 0 fully saturated rings. The molecule has 25 heavy (non-hydrogen) atoms. The number of aromatic nitrogens is 2. The number of ketones is 1. The Labute approximate surface area is 144 Å². The number of anilines is 1. The number of amides is 1. The maximum Gasteiger partial charge on any atom is 0.257 e. The molecule has 3 rings (SSSR count). The first kappa shape index (κ1) is 16.1. The van der Waals surface area contributed by atoms with E-state index in [0.29, 0.717) is 11.1 Å². The molecule has 1 heterocycles. The van der Waals surface area contributed by atoms with Crippen LogP contribution in [0.15, 0.2) is 60.8 Å². The molecule has 1 N–H and O–H groups in total. The van der Waals surface area contributed by atoms with Gasteiger partial charge in [0, 0.05) is 18.2 Å². The average Bonchev–Trinajstić information content (AvgIpc) is 3.01. The molecule has 0 saturated heterocycles.